The van der Waals surface area contributed by atoms with Crippen LogP contribution in [-0.2, 0) is 23.7 Å². The van der Waals surface area contributed by atoms with Gasteiger partial charge in [-0.2, -0.15) is 0 Å². The predicted octanol–water partition coefficient (Wildman–Crippen LogP) is 5.47. The van der Waals surface area contributed by atoms with Gasteiger partial charge in [-0.05, 0) is 107 Å². The first-order valence-electron chi connectivity index (χ1n) is 14.8. The largest absolute Gasteiger partial charge is 0.389 e. The lowest BCUT2D eigenvalue weighted by Crippen LogP contribution is -2.62. The van der Waals surface area contributed by atoms with Crippen LogP contribution in [0.3, 0.4) is 0 Å². The Morgan fingerprint density at radius 3 is 2.36 bits per heavy atom. The van der Waals surface area contributed by atoms with Gasteiger partial charge in [0.25, 0.3) is 0 Å². The Labute approximate surface area is 218 Å². The number of fused-ring (bicyclic) bond motifs is 5. The van der Waals surface area contributed by atoms with Gasteiger partial charge in [-0.1, -0.05) is 19.9 Å². The fourth-order valence-electron chi connectivity index (χ4n) is 9.13. The average Bonchev–Trinajstić information content (AvgIpc) is 3.47. The quantitative estimate of drug-likeness (QED) is 0.330. The summed E-state index contributed by atoms with van der Waals surface area (Å²) >= 11 is 0. The van der Waals surface area contributed by atoms with Gasteiger partial charge in [-0.25, -0.2) is 0 Å². The molecule has 1 saturated heterocycles. The minimum absolute atomic E-state index is 0.0552. The minimum atomic E-state index is -0.564. The first-order chi connectivity index (χ1) is 17.3. The number of aliphatic hydroxyl groups is 1. The molecule has 0 radical (unpaired) electrons. The van der Waals surface area contributed by atoms with Crippen molar-refractivity contribution in [1.29, 1.82) is 0 Å². The van der Waals surface area contributed by atoms with Crippen LogP contribution in [0.4, 0.5) is 0 Å². The zero-order valence-corrected chi connectivity index (χ0v) is 23.1. The van der Waals surface area contributed by atoms with Crippen molar-refractivity contribution in [3.8, 4) is 0 Å². The topological polar surface area (TPSA) is 66.4 Å². The van der Waals surface area contributed by atoms with Crippen LogP contribution in [0.25, 0.3) is 0 Å². The van der Waals surface area contributed by atoms with Crippen LogP contribution in [0, 0.1) is 34.5 Å². The second kappa shape index (κ2) is 10.9. The van der Waals surface area contributed by atoms with Gasteiger partial charge in [0, 0.05) is 18.6 Å². The van der Waals surface area contributed by atoms with Crippen molar-refractivity contribution in [2.75, 3.05) is 33.0 Å². The van der Waals surface area contributed by atoms with Gasteiger partial charge in [0.15, 0.2) is 12.6 Å². The molecule has 6 heteroatoms. The Morgan fingerprint density at radius 2 is 1.64 bits per heavy atom. The van der Waals surface area contributed by atoms with E-state index in [4.69, 9.17) is 23.7 Å². The summed E-state index contributed by atoms with van der Waals surface area (Å²) in [6.45, 7) is 12.1. The Morgan fingerprint density at radius 1 is 0.889 bits per heavy atom. The third-order valence-electron chi connectivity index (χ3n) is 11.2. The number of ether oxygens (including phenoxy) is 5. The fourth-order valence-corrected chi connectivity index (χ4v) is 9.13. The summed E-state index contributed by atoms with van der Waals surface area (Å²) in [5, 5.41) is 12.4. The van der Waals surface area contributed by atoms with Crippen LogP contribution in [0.2, 0.25) is 0 Å². The number of rotatable bonds is 9. The lowest BCUT2D eigenvalue weighted by Gasteiger charge is -2.63. The molecule has 6 nitrogen and oxygen atoms in total. The predicted molar refractivity (Wildman–Crippen MR) is 138 cm³/mol. The summed E-state index contributed by atoms with van der Waals surface area (Å²) in [4.78, 5) is 0. The zero-order chi connectivity index (χ0) is 25.4. The SMILES string of the molecule is CCOC(COC1CC[C@@]2(C)C(CC[C@@H]3[C@@H]2CC[C@]2(C)[C@@H](/C=C/C4OCCO4)CC[C@@]32O)C1)OCC. The van der Waals surface area contributed by atoms with E-state index in [9.17, 15) is 5.11 Å². The first-order valence-corrected chi connectivity index (χ1v) is 14.8. The number of hydrogen-bond donors (Lipinski definition) is 1. The molecule has 0 aromatic heterocycles. The molecule has 4 saturated carbocycles. The van der Waals surface area contributed by atoms with Gasteiger partial charge in [0.2, 0.25) is 0 Å². The van der Waals surface area contributed by atoms with Crippen LogP contribution in [0.15, 0.2) is 12.2 Å². The molecule has 0 aromatic carbocycles. The highest BCUT2D eigenvalue weighted by atomic mass is 16.7. The molecule has 1 N–H and O–H groups in total. The summed E-state index contributed by atoms with van der Waals surface area (Å²) in [5.41, 5.74) is -0.315. The molecule has 206 valence electrons. The van der Waals surface area contributed by atoms with Crippen LogP contribution in [0.1, 0.15) is 85.5 Å². The molecule has 0 amide bonds. The van der Waals surface area contributed by atoms with Crippen LogP contribution in [-0.4, -0.2) is 62.4 Å². The van der Waals surface area contributed by atoms with E-state index < -0.39 is 5.60 Å². The summed E-state index contributed by atoms with van der Waals surface area (Å²) in [7, 11) is 0. The van der Waals surface area contributed by atoms with Crippen molar-refractivity contribution in [1.82, 2.24) is 0 Å². The summed E-state index contributed by atoms with van der Waals surface area (Å²) < 4.78 is 29.0. The molecule has 1 heterocycles. The van der Waals surface area contributed by atoms with Crippen LogP contribution < -0.4 is 0 Å². The molecule has 0 bridgehead atoms. The first kappa shape index (κ1) is 27.1. The Hall–Kier alpha value is -0.500. The molecule has 5 rings (SSSR count). The molecule has 2 unspecified atom stereocenters. The van der Waals surface area contributed by atoms with Crippen molar-refractivity contribution in [2.45, 2.75) is 110 Å². The molecule has 0 aromatic rings. The number of hydrogen-bond acceptors (Lipinski definition) is 6. The maximum atomic E-state index is 12.4. The van der Waals surface area contributed by atoms with E-state index in [0.29, 0.717) is 68.2 Å². The fraction of sp³-hybridized carbons (Fsp3) is 0.933. The van der Waals surface area contributed by atoms with E-state index >= 15 is 0 Å². The maximum Gasteiger partial charge on any atom is 0.180 e. The molecule has 1 aliphatic heterocycles. The molecule has 5 aliphatic rings. The van der Waals surface area contributed by atoms with E-state index in [-0.39, 0.29) is 18.0 Å². The molecule has 0 spiro atoms. The van der Waals surface area contributed by atoms with E-state index in [2.05, 4.69) is 26.0 Å². The minimum Gasteiger partial charge on any atom is -0.389 e. The third kappa shape index (κ3) is 4.73. The van der Waals surface area contributed by atoms with Gasteiger partial charge in [0.1, 0.15) is 0 Å². The van der Waals surface area contributed by atoms with Crippen LogP contribution in [0.5, 0.6) is 0 Å². The van der Waals surface area contributed by atoms with Gasteiger partial charge in [-0.3, -0.25) is 0 Å². The summed E-state index contributed by atoms with van der Waals surface area (Å²) in [5.74, 6) is 2.10. The molecular formula is C30H50O6. The normalized spacial score (nSPS) is 45.2. The maximum absolute atomic E-state index is 12.4. The lowest BCUT2D eigenvalue weighted by molar-refractivity contribution is -0.215. The highest BCUT2D eigenvalue weighted by molar-refractivity contribution is 5.19. The molecule has 4 aliphatic carbocycles. The van der Waals surface area contributed by atoms with Gasteiger partial charge in [0.05, 0.1) is 31.5 Å². The summed E-state index contributed by atoms with van der Waals surface area (Å²) in [6, 6.07) is 0. The van der Waals surface area contributed by atoms with E-state index in [0.717, 1.165) is 38.5 Å². The van der Waals surface area contributed by atoms with Crippen molar-refractivity contribution in [3.05, 3.63) is 12.2 Å². The highest BCUT2D eigenvalue weighted by Gasteiger charge is 2.66. The van der Waals surface area contributed by atoms with E-state index in [1.54, 1.807) is 0 Å². The Balaban J connectivity index is 1.23. The number of allylic oxidation sites excluding steroid dienone is 1. The van der Waals surface area contributed by atoms with E-state index in [1.165, 1.54) is 19.3 Å². The molecule has 8 atom stereocenters. The average molecular weight is 507 g/mol. The summed E-state index contributed by atoms with van der Waals surface area (Å²) in [6.07, 6.45) is 14.4. The van der Waals surface area contributed by atoms with Crippen LogP contribution >= 0.6 is 0 Å². The van der Waals surface area contributed by atoms with Gasteiger partial charge in [-0.15, -0.1) is 0 Å². The molecule has 5 fully saturated rings. The van der Waals surface area contributed by atoms with Gasteiger partial charge >= 0.3 is 0 Å². The zero-order valence-electron chi connectivity index (χ0n) is 23.1. The monoisotopic (exact) mass is 506 g/mol. The second-order valence-corrected chi connectivity index (χ2v) is 12.6. The van der Waals surface area contributed by atoms with E-state index in [1.807, 2.05) is 13.8 Å². The lowest BCUT2D eigenvalue weighted by atomic mass is 9.43. The molecular weight excluding hydrogens is 456 g/mol. The van der Waals surface area contributed by atoms with Crippen molar-refractivity contribution in [2.24, 2.45) is 34.5 Å². The van der Waals surface area contributed by atoms with Crippen molar-refractivity contribution >= 4 is 0 Å². The standard InChI is InChI=1S/C30H50O6/c1-5-32-27(33-6-2)20-36-23-12-14-28(3)22(19-23)7-9-25-24(28)13-15-29(4)21(11-16-30(25,29)31)8-10-26-34-17-18-35-26/h8,10,21-27,31H,5-7,9,11-20H2,1-4H3/b10-8+/t21-,22?,23?,24-,25+,28-,29+,30+/m0/s1. The highest BCUT2D eigenvalue weighted by Crippen LogP contribution is 2.69. The Kier molecular flexibility index (Phi) is 8.23. The third-order valence-corrected chi connectivity index (χ3v) is 11.2. The van der Waals surface area contributed by atoms with Crippen molar-refractivity contribution < 1.29 is 28.8 Å². The van der Waals surface area contributed by atoms with Gasteiger partial charge < -0.3 is 28.8 Å². The second-order valence-electron chi connectivity index (χ2n) is 12.6. The Bertz CT molecular complexity index is 761. The van der Waals surface area contributed by atoms with Crippen molar-refractivity contribution in [3.63, 3.8) is 0 Å². The molecule has 36 heavy (non-hydrogen) atoms. The smallest absolute Gasteiger partial charge is 0.180 e.